The molecule has 4 nitrogen and oxygen atoms in total. The zero-order valence-electron chi connectivity index (χ0n) is 11.3. The molecule has 1 saturated carbocycles. The normalized spacial score (nSPS) is 15.8. The van der Waals surface area contributed by atoms with E-state index in [1.165, 1.54) is 10.4 Å². The molecule has 0 spiro atoms. The highest BCUT2D eigenvalue weighted by Gasteiger charge is 2.32. The highest BCUT2D eigenvalue weighted by Crippen LogP contribution is 2.34. The van der Waals surface area contributed by atoms with Gasteiger partial charge in [0.1, 0.15) is 5.82 Å². The number of halogens is 2. The van der Waals surface area contributed by atoms with Crippen molar-refractivity contribution in [2.24, 2.45) is 5.92 Å². The Morgan fingerprint density at radius 1 is 1.45 bits per heavy atom. The van der Waals surface area contributed by atoms with Gasteiger partial charge in [0.2, 0.25) is 10.0 Å². The zero-order valence-corrected chi connectivity index (χ0v) is 13.7. The molecular weight excluding hydrogens is 347 g/mol. The number of hydrogen-bond acceptors (Lipinski definition) is 3. The number of anilines is 1. The average Bonchev–Trinajstić information content (AvgIpc) is 3.17. The van der Waals surface area contributed by atoms with Crippen molar-refractivity contribution in [3.05, 3.63) is 22.4 Å². The number of benzene rings is 1. The van der Waals surface area contributed by atoms with Crippen LogP contribution in [0.1, 0.15) is 26.2 Å². The molecule has 0 radical (unpaired) electrons. The summed E-state index contributed by atoms with van der Waals surface area (Å²) in [5.41, 5.74) is 5.34. The third-order valence-corrected chi connectivity index (χ3v) is 6.12. The van der Waals surface area contributed by atoms with Crippen molar-refractivity contribution in [1.29, 1.82) is 0 Å². The summed E-state index contributed by atoms with van der Waals surface area (Å²) in [4.78, 5) is 0.0329. The van der Waals surface area contributed by atoms with Crippen LogP contribution in [0.25, 0.3) is 0 Å². The molecule has 0 saturated heterocycles. The Kier molecular flexibility index (Phi) is 4.71. The molecule has 1 fully saturated rings. The second kappa shape index (κ2) is 5.99. The highest BCUT2D eigenvalue weighted by molar-refractivity contribution is 9.10. The molecule has 20 heavy (non-hydrogen) atoms. The molecule has 7 heteroatoms. The Labute approximate surface area is 127 Å². The summed E-state index contributed by atoms with van der Waals surface area (Å²) in [6.45, 7) is 2.92. The molecule has 1 aromatic rings. The maximum absolute atomic E-state index is 13.4. The van der Waals surface area contributed by atoms with E-state index in [2.05, 4.69) is 15.9 Å². The van der Waals surface area contributed by atoms with Gasteiger partial charge >= 0.3 is 0 Å². The Hall–Kier alpha value is -0.660. The second-order valence-corrected chi connectivity index (χ2v) is 7.87. The van der Waals surface area contributed by atoms with Crippen molar-refractivity contribution in [3.63, 3.8) is 0 Å². The molecule has 1 aromatic carbocycles. The van der Waals surface area contributed by atoms with Crippen LogP contribution in [0.5, 0.6) is 0 Å². The molecule has 0 amide bonds. The van der Waals surface area contributed by atoms with Crippen LogP contribution in [0.4, 0.5) is 10.1 Å². The van der Waals surface area contributed by atoms with Gasteiger partial charge in [0.15, 0.2) is 0 Å². The minimum absolute atomic E-state index is 0.0329. The maximum atomic E-state index is 13.4. The average molecular weight is 365 g/mol. The van der Waals surface area contributed by atoms with Crippen LogP contribution in [0.3, 0.4) is 0 Å². The van der Waals surface area contributed by atoms with Crippen molar-refractivity contribution < 1.29 is 12.8 Å². The Balaban J connectivity index is 2.38. The van der Waals surface area contributed by atoms with Gasteiger partial charge in [-0.3, -0.25) is 0 Å². The Bertz CT molecular complexity index is 603. The maximum Gasteiger partial charge on any atom is 0.244 e. The van der Waals surface area contributed by atoms with E-state index in [0.717, 1.165) is 25.3 Å². The molecule has 0 aromatic heterocycles. The van der Waals surface area contributed by atoms with Crippen molar-refractivity contribution in [2.75, 3.05) is 18.8 Å². The predicted molar refractivity (Wildman–Crippen MR) is 80.3 cm³/mol. The molecule has 112 valence electrons. The molecular formula is C13H18BrFN2O2S. The van der Waals surface area contributed by atoms with Crippen molar-refractivity contribution >= 4 is 31.6 Å². The summed E-state index contributed by atoms with van der Waals surface area (Å²) in [6.07, 6.45) is 2.88. The monoisotopic (exact) mass is 364 g/mol. The second-order valence-electron chi connectivity index (χ2n) is 5.11. The van der Waals surface area contributed by atoms with Crippen molar-refractivity contribution in [3.8, 4) is 0 Å². The van der Waals surface area contributed by atoms with E-state index < -0.39 is 15.8 Å². The quantitative estimate of drug-likeness (QED) is 0.789. The number of sulfonamides is 1. The van der Waals surface area contributed by atoms with Gasteiger partial charge in [-0.15, -0.1) is 0 Å². The number of rotatable bonds is 6. The number of hydrogen-bond donors (Lipinski definition) is 1. The van der Waals surface area contributed by atoms with Gasteiger partial charge in [0, 0.05) is 17.6 Å². The summed E-state index contributed by atoms with van der Waals surface area (Å²) >= 11 is 3.12. The number of nitrogens with zero attached hydrogens (tertiary/aromatic N) is 1. The van der Waals surface area contributed by atoms with Crippen LogP contribution >= 0.6 is 15.9 Å². The van der Waals surface area contributed by atoms with Crippen LogP contribution in [0.15, 0.2) is 21.5 Å². The van der Waals surface area contributed by atoms with Crippen LogP contribution in [-0.4, -0.2) is 25.8 Å². The smallest absolute Gasteiger partial charge is 0.244 e. The first kappa shape index (κ1) is 15.7. The minimum Gasteiger partial charge on any atom is -0.396 e. The summed E-state index contributed by atoms with van der Waals surface area (Å²) < 4.78 is 40.4. The van der Waals surface area contributed by atoms with E-state index in [4.69, 9.17) is 5.73 Å². The lowest BCUT2D eigenvalue weighted by Gasteiger charge is -2.22. The van der Waals surface area contributed by atoms with Gasteiger partial charge in [0.05, 0.1) is 10.6 Å². The van der Waals surface area contributed by atoms with E-state index in [9.17, 15) is 12.8 Å². The van der Waals surface area contributed by atoms with Gasteiger partial charge in [-0.1, -0.05) is 6.92 Å². The van der Waals surface area contributed by atoms with Crippen molar-refractivity contribution in [1.82, 2.24) is 4.31 Å². The summed E-state index contributed by atoms with van der Waals surface area (Å²) in [5.74, 6) is -0.173. The fourth-order valence-electron chi connectivity index (χ4n) is 2.03. The third-order valence-electron chi connectivity index (χ3n) is 3.30. The Morgan fingerprint density at radius 2 is 2.10 bits per heavy atom. The molecule has 0 bridgehead atoms. The molecule has 0 heterocycles. The zero-order chi connectivity index (χ0) is 14.9. The first-order valence-electron chi connectivity index (χ1n) is 6.61. The molecule has 1 aliphatic rings. The summed E-state index contributed by atoms with van der Waals surface area (Å²) in [5, 5.41) is 0. The lowest BCUT2D eigenvalue weighted by molar-refractivity contribution is 0.395. The molecule has 0 unspecified atom stereocenters. The van der Waals surface area contributed by atoms with Gasteiger partial charge in [-0.05, 0) is 53.2 Å². The van der Waals surface area contributed by atoms with Gasteiger partial charge in [-0.2, -0.15) is 4.31 Å². The highest BCUT2D eigenvalue weighted by atomic mass is 79.9. The minimum atomic E-state index is -3.65. The number of nitrogens with two attached hydrogens (primary N) is 1. The molecule has 2 rings (SSSR count). The third kappa shape index (κ3) is 3.32. The molecule has 2 N–H and O–H groups in total. The van der Waals surface area contributed by atoms with Gasteiger partial charge < -0.3 is 5.73 Å². The standard InChI is InChI=1S/C13H18BrFN2O2S/c1-2-5-17(8-9-3-4-9)20(18,19)13-7-12(16)11(15)6-10(13)14/h6-7,9H,2-5,8,16H2,1H3. The van der Waals surface area contributed by atoms with Crippen LogP contribution in [0.2, 0.25) is 0 Å². The van der Waals surface area contributed by atoms with Crippen molar-refractivity contribution in [2.45, 2.75) is 31.1 Å². The lowest BCUT2D eigenvalue weighted by atomic mass is 10.3. The predicted octanol–water partition coefficient (Wildman–Crippen LogP) is 2.98. The van der Waals surface area contributed by atoms with Crippen LogP contribution in [-0.2, 0) is 10.0 Å². The van der Waals surface area contributed by atoms with Gasteiger partial charge in [-0.25, -0.2) is 12.8 Å². The summed E-state index contributed by atoms with van der Waals surface area (Å²) in [7, 11) is -3.65. The fourth-order valence-corrected chi connectivity index (χ4v) is 4.65. The van der Waals surface area contributed by atoms with Crippen LogP contribution < -0.4 is 5.73 Å². The lowest BCUT2D eigenvalue weighted by Crippen LogP contribution is -2.34. The molecule has 0 atom stereocenters. The number of nitrogen functional groups attached to an aromatic ring is 1. The SMILES string of the molecule is CCCN(CC1CC1)S(=O)(=O)c1cc(N)c(F)cc1Br. The van der Waals surface area contributed by atoms with Gasteiger partial charge in [0.25, 0.3) is 0 Å². The Morgan fingerprint density at radius 3 is 2.65 bits per heavy atom. The fraction of sp³-hybridized carbons (Fsp3) is 0.538. The van der Waals surface area contributed by atoms with E-state index in [0.29, 0.717) is 19.0 Å². The van der Waals surface area contributed by atoms with E-state index >= 15 is 0 Å². The first-order valence-corrected chi connectivity index (χ1v) is 8.84. The van der Waals surface area contributed by atoms with E-state index in [-0.39, 0.29) is 15.1 Å². The first-order chi connectivity index (χ1) is 9.36. The summed E-state index contributed by atoms with van der Waals surface area (Å²) in [6, 6.07) is 2.29. The largest absolute Gasteiger partial charge is 0.396 e. The van der Waals surface area contributed by atoms with E-state index in [1.807, 2.05) is 6.92 Å². The molecule has 1 aliphatic carbocycles. The topological polar surface area (TPSA) is 63.4 Å². The van der Waals surface area contributed by atoms with Crippen LogP contribution in [0, 0.1) is 11.7 Å². The molecule has 0 aliphatic heterocycles. The van der Waals surface area contributed by atoms with E-state index in [1.54, 1.807) is 0 Å².